The minimum atomic E-state index is -0.213. The van der Waals surface area contributed by atoms with E-state index in [9.17, 15) is 4.79 Å². The highest BCUT2D eigenvalue weighted by Crippen LogP contribution is 2.33. The van der Waals surface area contributed by atoms with E-state index in [0.717, 1.165) is 30.7 Å². The molecule has 1 fully saturated rings. The number of carbonyl (C=O) groups excluding carboxylic acids is 1. The Morgan fingerprint density at radius 3 is 2.96 bits per heavy atom. The molecular formula is C18H19N3O2. The molecule has 1 N–H and O–H groups in total. The molecule has 1 aromatic carbocycles. The normalized spacial score (nSPS) is 23.5. The molecule has 2 aliphatic rings. The number of fused-ring (bicyclic) bond motifs is 1. The minimum Gasteiger partial charge on any atom is -0.376 e. The molecule has 1 amide bonds. The fourth-order valence-electron chi connectivity index (χ4n) is 3.29. The molecule has 4 rings (SSSR count). The van der Waals surface area contributed by atoms with Crippen LogP contribution in [-0.2, 0) is 4.74 Å². The van der Waals surface area contributed by atoms with Gasteiger partial charge in [-0.3, -0.25) is 9.78 Å². The maximum Gasteiger partial charge on any atom is 0.257 e. The van der Waals surface area contributed by atoms with Crippen molar-refractivity contribution < 1.29 is 9.53 Å². The van der Waals surface area contributed by atoms with Crippen LogP contribution in [0, 0.1) is 0 Å². The van der Waals surface area contributed by atoms with Crippen LogP contribution in [0.1, 0.15) is 34.9 Å². The third-order valence-corrected chi connectivity index (χ3v) is 4.45. The van der Waals surface area contributed by atoms with Gasteiger partial charge in [0, 0.05) is 36.8 Å². The number of hydrogen-bond acceptors (Lipinski definition) is 4. The fourth-order valence-corrected chi connectivity index (χ4v) is 3.29. The predicted octanol–water partition coefficient (Wildman–Crippen LogP) is 2.83. The lowest BCUT2D eigenvalue weighted by atomic mass is 10.0. The summed E-state index contributed by atoms with van der Waals surface area (Å²) in [7, 11) is 0. The number of aromatic nitrogens is 1. The first-order valence-corrected chi connectivity index (χ1v) is 8.01. The van der Waals surface area contributed by atoms with Gasteiger partial charge in [-0.15, -0.1) is 0 Å². The number of carbonyl (C=O) groups is 1. The molecule has 3 heterocycles. The summed E-state index contributed by atoms with van der Waals surface area (Å²) >= 11 is 0. The molecule has 2 aromatic rings. The summed E-state index contributed by atoms with van der Waals surface area (Å²) < 4.78 is 5.74. The molecule has 0 aliphatic carbocycles. The van der Waals surface area contributed by atoms with Crippen molar-refractivity contribution >= 4 is 11.6 Å². The summed E-state index contributed by atoms with van der Waals surface area (Å²) in [4.78, 5) is 19.1. The quantitative estimate of drug-likeness (QED) is 0.947. The summed E-state index contributed by atoms with van der Waals surface area (Å²) in [6, 6.07) is 11.5. The lowest BCUT2D eigenvalue weighted by Crippen LogP contribution is -2.46. The van der Waals surface area contributed by atoms with Crippen molar-refractivity contribution in [1.82, 2.24) is 9.88 Å². The van der Waals surface area contributed by atoms with Gasteiger partial charge in [0.2, 0.25) is 0 Å². The molecule has 0 spiro atoms. The first-order chi connectivity index (χ1) is 11.3. The molecule has 5 heteroatoms. The van der Waals surface area contributed by atoms with Crippen LogP contribution in [0.15, 0.2) is 48.8 Å². The van der Waals surface area contributed by atoms with Gasteiger partial charge in [-0.05, 0) is 31.0 Å². The number of hydrogen-bond donors (Lipinski definition) is 1. The highest BCUT2D eigenvalue weighted by molar-refractivity contribution is 6.01. The minimum absolute atomic E-state index is 0.0451. The third-order valence-electron chi connectivity index (χ3n) is 4.45. The highest BCUT2D eigenvalue weighted by Gasteiger charge is 2.35. The first kappa shape index (κ1) is 14.2. The molecule has 0 radical (unpaired) electrons. The number of nitrogens with zero attached hydrogens (tertiary/aromatic N) is 2. The number of rotatable bonds is 3. The number of benzene rings is 1. The third kappa shape index (κ3) is 2.68. The van der Waals surface area contributed by atoms with Crippen molar-refractivity contribution in [1.29, 1.82) is 0 Å². The Morgan fingerprint density at radius 2 is 2.17 bits per heavy atom. The van der Waals surface area contributed by atoms with E-state index < -0.39 is 0 Å². The monoisotopic (exact) mass is 309 g/mol. The summed E-state index contributed by atoms with van der Waals surface area (Å²) in [6.45, 7) is 1.38. The maximum atomic E-state index is 13.0. The van der Waals surface area contributed by atoms with E-state index in [1.165, 1.54) is 0 Å². The Hall–Kier alpha value is -2.40. The Kier molecular flexibility index (Phi) is 3.71. The summed E-state index contributed by atoms with van der Waals surface area (Å²) in [5, 5.41) is 3.48. The van der Waals surface area contributed by atoms with E-state index in [2.05, 4.69) is 10.3 Å². The van der Waals surface area contributed by atoms with Gasteiger partial charge in [-0.2, -0.15) is 0 Å². The Balaban J connectivity index is 1.70. The lowest BCUT2D eigenvalue weighted by molar-refractivity contribution is 0.0426. The van der Waals surface area contributed by atoms with E-state index in [1.54, 1.807) is 12.4 Å². The molecule has 23 heavy (non-hydrogen) atoms. The predicted molar refractivity (Wildman–Crippen MR) is 87.1 cm³/mol. The van der Waals surface area contributed by atoms with E-state index in [-0.39, 0.29) is 18.2 Å². The zero-order valence-electron chi connectivity index (χ0n) is 12.8. The van der Waals surface area contributed by atoms with Gasteiger partial charge in [0.25, 0.3) is 5.91 Å². The van der Waals surface area contributed by atoms with Gasteiger partial charge in [0.1, 0.15) is 6.17 Å². The lowest BCUT2D eigenvalue weighted by Gasteiger charge is -2.39. The maximum absolute atomic E-state index is 13.0. The molecule has 5 nitrogen and oxygen atoms in total. The van der Waals surface area contributed by atoms with Crippen molar-refractivity contribution in [2.24, 2.45) is 0 Å². The van der Waals surface area contributed by atoms with E-state index in [0.29, 0.717) is 12.1 Å². The number of anilines is 1. The number of nitrogens with one attached hydrogen (secondary N) is 1. The Bertz CT molecular complexity index is 698. The molecule has 1 saturated heterocycles. The standard InChI is InChI=1S/C18H19N3O2/c22-18-15-7-1-2-8-16(15)20-17(13-5-3-9-19-11-13)21(18)12-14-6-4-10-23-14/h1-3,5,7-9,11,14,17,20H,4,6,10,12H2. The van der Waals surface area contributed by atoms with Crippen LogP contribution >= 0.6 is 0 Å². The largest absolute Gasteiger partial charge is 0.376 e. The van der Waals surface area contributed by atoms with Crippen LogP contribution in [0.5, 0.6) is 0 Å². The molecule has 118 valence electrons. The van der Waals surface area contributed by atoms with Crippen molar-refractivity contribution in [3.63, 3.8) is 0 Å². The molecule has 2 atom stereocenters. The molecule has 1 aromatic heterocycles. The van der Waals surface area contributed by atoms with Gasteiger partial charge < -0.3 is 15.0 Å². The molecule has 0 saturated carbocycles. The van der Waals surface area contributed by atoms with Gasteiger partial charge in [0.15, 0.2) is 0 Å². The first-order valence-electron chi connectivity index (χ1n) is 8.01. The number of pyridine rings is 1. The smallest absolute Gasteiger partial charge is 0.257 e. The van der Waals surface area contributed by atoms with Gasteiger partial charge in [0.05, 0.1) is 11.7 Å². The van der Waals surface area contributed by atoms with Crippen LogP contribution in [0.25, 0.3) is 0 Å². The molecule has 2 unspecified atom stereocenters. The van der Waals surface area contributed by atoms with Crippen LogP contribution in [0.4, 0.5) is 5.69 Å². The second kappa shape index (κ2) is 6.01. The van der Waals surface area contributed by atoms with E-state index in [1.807, 2.05) is 41.3 Å². The van der Waals surface area contributed by atoms with Gasteiger partial charge in [-0.25, -0.2) is 0 Å². The van der Waals surface area contributed by atoms with Crippen molar-refractivity contribution in [3.8, 4) is 0 Å². The fraction of sp³-hybridized carbons (Fsp3) is 0.333. The van der Waals surface area contributed by atoms with Crippen LogP contribution < -0.4 is 5.32 Å². The summed E-state index contributed by atoms with van der Waals surface area (Å²) in [5.74, 6) is 0.0451. The zero-order chi connectivity index (χ0) is 15.6. The average molecular weight is 309 g/mol. The van der Waals surface area contributed by atoms with Crippen LogP contribution in [-0.4, -0.2) is 35.0 Å². The zero-order valence-corrected chi connectivity index (χ0v) is 12.8. The average Bonchev–Trinajstić information content (AvgIpc) is 3.11. The number of ether oxygens (including phenoxy) is 1. The highest BCUT2D eigenvalue weighted by atomic mass is 16.5. The molecular weight excluding hydrogens is 290 g/mol. The topological polar surface area (TPSA) is 54.5 Å². The summed E-state index contributed by atoms with van der Waals surface area (Å²) in [5.41, 5.74) is 2.56. The molecule has 0 bridgehead atoms. The summed E-state index contributed by atoms with van der Waals surface area (Å²) in [6.07, 6.45) is 5.52. The van der Waals surface area contributed by atoms with Gasteiger partial charge in [-0.1, -0.05) is 18.2 Å². The van der Waals surface area contributed by atoms with Crippen LogP contribution in [0.3, 0.4) is 0 Å². The van der Waals surface area contributed by atoms with Crippen molar-refractivity contribution in [2.45, 2.75) is 25.1 Å². The second-order valence-corrected chi connectivity index (χ2v) is 5.97. The number of para-hydroxylation sites is 1. The van der Waals surface area contributed by atoms with Crippen LogP contribution in [0.2, 0.25) is 0 Å². The van der Waals surface area contributed by atoms with Gasteiger partial charge >= 0.3 is 0 Å². The van der Waals surface area contributed by atoms with E-state index >= 15 is 0 Å². The van der Waals surface area contributed by atoms with E-state index in [4.69, 9.17) is 4.74 Å². The Morgan fingerprint density at radius 1 is 1.26 bits per heavy atom. The Labute approximate surface area is 135 Å². The number of amides is 1. The SMILES string of the molecule is O=C1c2ccccc2NC(c2cccnc2)N1CC1CCCO1. The van der Waals surface area contributed by atoms with Crippen molar-refractivity contribution in [3.05, 3.63) is 59.9 Å². The second-order valence-electron chi connectivity index (χ2n) is 5.97. The van der Waals surface area contributed by atoms with Crippen molar-refractivity contribution in [2.75, 3.05) is 18.5 Å². The molecule has 2 aliphatic heterocycles.